The normalized spacial score (nSPS) is 11.3. The van der Waals surface area contributed by atoms with E-state index >= 15 is 0 Å². The van der Waals surface area contributed by atoms with Gasteiger partial charge in [0.1, 0.15) is 5.69 Å². The van der Waals surface area contributed by atoms with Gasteiger partial charge in [0, 0.05) is 29.1 Å². The second kappa shape index (κ2) is 6.09. The highest BCUT2D eigenvalue weighted by atomic mass is 16.4. The first-order valence-electron chi connectivity index (χ1n) is 9.01. The van der Waals surface area contributed by atoms with Gasteiger partial charge in [0.25, 0.3) is 0 Å². The van der Waals surface area contributed by atoms with Gasteiger partial charge in [-0.05, 0) is 30.7 Å². The van der Waals surface area contributed by atoms with Crippen molar-refractivity contribution in [1.29, 1.82) is 0 Å². The minimum atomic E-state index is -0.968. The van der Waals surface area contributed by atoms with Crippen molar-refractivity contribution in [3.8, 4) is 22.4 Å². The summed E-state index contributed by atoms with van der Waals surface area (Å²) in [6.45, 7) is 1.91. The number of fused-ring (bicyclic) bond motifs is 3. The summed E-state index contributed by atoms with van der Waals surface area (Å²) in [4.78, 5) is 19.5. The molecule has 0 saturated heterocycles. The van der Waals surface area contributed by atoms with Crippen molar-refractivity contribution in [3.63, 3.8) is 0 Å². The Morgan fingerprint density at radius 1 is 1.00 bits per heavy atom. The Balaban J connectivity index is 1.88. The molecule has 0 aliphatic rings. The second-order valence-corrected chi connectivity index (χ2v) is 6.83. The predicted octanol–water partition coefficient (Wildman–Crippen LogP) is 5.16. The number of nitrogens with one attached hydrogen (secondary N) is 1. The lowest BCUT2D eigenvalue weighted by molar-refractivity contribution is 0.0692. The maximum atomic E-state index is 11.7. The average Bonchev–Trinajstić information content (AvgIpc) is 3.31. The molecule has 0 unspecified atom stereocenters. The highest BCUT2D eigenvalue weighted by molar-refractivity contribution is 5.97. The van der Waals surface area contributed by atoms with E-state index in [1.165, 1.54) is 0 Å². The summed E-state index contributed by atoms with van der Waals surface area (Å²) in [5.74, 6) is -0.968. The number of hydrogen-bond acceptors (Lipinski definition) is 2. The van der Waals surface area contributed by atoms with Gasteiger partial charge < -0.3 is 14.5 Å². The molecule has 136 valence electrons. The molecule has 5 rings (SSSR count). The number of carbonyl (C=O) groups is 1. The number of carboxylic acids is 1. The van der Waals surface area contributed by atoms with E-state index in [0.717, 1.165) is 38.9 Å². The highest BCUT2D eigenvalue weighted by Gasteiger charge is 2.19. The lowest BCUT2D eigenvalue weighted by Gasteiger charge is -2.08. The van der Waals surface area contributed by atoms with Crippen LogP contribution in [-0.4, -0.2) is 25.4 Å². The summed E-state index contributed by atoms with van der Waals surface area (Å²) in [5.41, 5.74) is 7.36. The Labute approximate surface area is 160 Å². The molecular weight excluding hydrogens is 350 g/mol. The number of hydrogen-bond donors (Lipinski definition) is 2. The summed E-state index contributed by atoms with van der Waals surface area (Å²) in [7, 11) is 0. The summed E-state index contributed by atoms with van der Waals surface area (Å²) in [5, 5.41) is 9.57. The van der Waals surface area contributed by atoms with Gasteiger partial charge in [0.05, 0.1) is 22.2 Å². The molecule has 0 aliphatic heterocycles. The van der Waals surface area contributed by atoms with Crippen molar-refractivity contribution >= 4 is 22.5 Å². The van der Waals surface area contributed by atoms with E-state index in [1.807, 2.05) is 73.8 Å². The monoisotopic (exact) mass is 367 g/mol. The third-order valence-corrected chi connectivity index (χ3v) is 5.06. The van der Waals surface area contributed by atoms with Crippen molar-refractivity contribution < 1.29 is 9.90 Å². The van der Waals surface area contributed by atoms with E-state index in [2.05, 4.69) is 9.38 Å². The third kappa shape index (κ3) is 2.41. The molecule has 0 saturated carbocycles. The summed E-state index contributed by atoms with van der Waals surface area (Å²) < 4.78 is 2.10. The number of aromatic amines is 1. The fourth-order valence-electron chi connectivity index (χ4n) is 3.79. The van der Waals surface area contributed by atoms with Crippen molar-refractivity contribution in [3.05, 3.63) is 84.3 Å². The minimum Gasteiger partial charge on any atom is -0.477 e. The number of carboxylic acid groups (broad SMARTS) is 1. The smallest absolute Gasteiger partial charge is 0.352 e. The van der Waals surface area contributed by atoms with Gasteiger partial charge in [-0.1, -0.05) is 42.5 Å². The van der Waals surface area contributed by atoms with Crippen LogP contribution in [0.4, 0.5) is 0 Å². The number of para-hydroxylation sites is 2. The van der Waals surface area contributed by atoms with E-state index in [1.54, 1.807) is 6.20 Å². The zero-order chi connectivity index (χ0) is 19.3. The number of benzene rings is 2. The SMILES string of the molecule is Cc1c[nH]c(C(=O)O)c1-c1cc2c(-c3ccccc3)nc3ccccc3n2c1. The Morgan fingerprint density at radius 3 is 2.54 bits per heavy atom. The van der Waals surface area contributed by atoms with Crippen LogP contribution in [0.15, 0.2) is 73.1 Å². The molecule has 5 heteroatoms. The van der Waals surface area contributed by atoms with E-state index < -0.39 is 5.97 Å². The molecule has 0 atom stereocenters. The van der Waals surface area contributed by atoms with Crippen LogP contribution in [0.25, 0.3) is 38.9 Å². The van der Waals surface area contributed by atoms with Crippen molar-refractivity contribution in [2.75, 3.05) is 0 Å². The van der Waals surface area contributed by atoms with Gasteiger partial charge >= 0.3 is 5.97 Å². The number of H-pyrrole nitrogens is 1. The van der Waals surface area contributed by atoms with Crippen molar-refractivity contribution in [1.82, 2.24) is 14.4 Å². The molecule has 0 amide bonds. The zero-order valence-electron chi connectivity index (χ0n) is 15.2. The van der Waals surface area contributed by atoms with Gasteiger partial charge in [0.2, 0.25) is 0 Å². The van der Waals surface area contributed by atoms with E-state index in [-0.39, 0.29) is 5.69 Å². The molecule has 0 aliphatic carbocycles. The van der Waals surface area contributed by atoms with Gasteiger partial charge in [0.15, 0.2) is 0 Å². The van der Waals surface area contributed by atoms with Crippen LogP contribution in [0.3, 0.4) is 0 Å². The molecule has 0 radical (unpaired) electrons. The molecule has 0 spiro atoms. The van der Waals surface area contributed by atoms with E-state index in [4.69, 9.17) is 4.98 Å². The standard InChI is InChI=1S/C23H17N3O2/c1-14-12-24-22(23(27)28)20(14)16-11-19-21(15-7-3-2-4-8-15)25-17-9-5-6-10-18(17)26(19)13-16/h2-13,24H,1H3,(H,27,28). The fraction of sp³-hybridized carbons (Fsp3) is 0.0435. The Kier molecular flexibility index (Phi) is 3.55. The average molecular weight is 367 g/mol. The topological polar surface area (TPSA) is 70.4 Å². The van der Waals surface area contributed by atoms with Crippen LogP contribution < -0.4 is 0 Å². The number of aromatic carboxylic acids is 1. The zero-order valence-corrected chi connectivity index (χ0v) is 15.2. The Morgan fingerprint density at radius 2 is 1.75 bits per heavy atom. The van der Waals surface area contributed by atoms with Gasteiger partial charge in [-0.3, -0.25) is 0 Å². The van der Waals surface area contributed by atoms with Crippen molar-refractivity contribution in [2.24, 2.45) is 0 Å². The quantitative estimate of drug-likeness (QED) is 0.463. The Bertz CT molecular complexity index is 1350. The number of nitrogens with zero attached hydrogens (tertiary/aromatic N) is 2. The summed E-state index contributed by atoms with van der Waals surface area (Å²) in [6.07, 6.45) is 3.73. The lowest BCUT2D eigenvalue weighted by Crippen LogP contribution is -1.98. The molecule has 2 N–H and O–H groups in total. The first-order chi connectivity index (χ1) is 13.6. The number of aromatic nitrogens is 3. The van der Waals surface area contributed by atoms with Gasteiger partial charge in [-0.15, -0.1) is 0 Å². The Hall–Kier alpha value is -3.86. The first-order valence-corrected chi connectivity index (χ1v) is 9.01. The summed E-state index contributed by atoms with van der Waals surface area (Å²) in [6, 6.07) is 20.0. The van der Waals surface area contributed by atoms with Gasteiger partial charge in [-0.2, -0.15) is 0 Å². The van der Waals surface area contributed by atoms with Crippen LogP contribution in [0.1, 0.15) is 16.1 Å². The molecule has 0 fully saturated rings. The largest absolute Gasteiger partial charge is 0.477 e. The number of aryl methyl sites for hydroxylation is 1. The molecule has 2 aromatic carbocycles. The van der Waals surface area contributed by atoms with Crippen LogP contribution in [-0.2, 0) is 0 Å². The maximum Gasteiger partial charge on any atom is 0.352 e. The fourth-order valence-corrected chi connectivity index (χ4v) is 3.79. The third-order valence-electron chi connectivity index (χ3n) is 5.06. The molecule has 5 nitrogen and oxygen atoms in total. The molecule has 3 aromatic heterocycles. The predicted molar refractivity (Wildman–Crippen MR) is 110 cm³/mol. The second-order valence-electron chi connectivity index (χ2n) is 6.83. The van der Waals surface area contributed by atoms with Crippen LogP contribution in [0.5, 0.6) is 0 Å². The van der Waals surface area contributed by atoms with Crippen molar-refractivity contribution in [2.45, 2.75) is 6.92 Å². The molecule has 0 bridgehead atoms. The highest BCUT2D eigenvalue weighted by Crippen LogP contribution is 2.34. The van der Waals surface area contributed by atoms with Crippen LogP contribution >= 0.6 is 0 Å². The lowest BCUT2D eigenvalue weighted by atomic mass is 10.0. The number of rotatable bonds is 3. The maximum absolute atomic E-state index is 11.7. The van der Waals surface area contributed by atoms with E-state index in [0.29, 0.717) is 5.56 Å². The molecule has 3 heterocycles. The first kappa shape index (κ1) is 16.3. The van der Waals surface area contributed by atoms with E-state index in [9.17, 15) is 9.90 Å². The van der Waals surface area contributed by atoms with Gasteiger partial charge in [-0.25, -0.2) is 9.78 Å². The minimum absolute atomic E-state index is 0.201. The van der Waals surface area contributed by atoms with Crippen LogP contribution in [0, 0.1) is 6.92 Å². The molecule has 28 heavy (non-hydrogen) atoms. The van der Waals surface area contributed by atoms with Crippen LogP contribution in [0.2, 0.25) is 0 Å². The molecular formula is C23H17N3O2. The molecule has 5 aromatic rings. The summed E-state index contributed by atoms with van der Waals surface area (Å²) >= 11 is 0.